The van der Waals surface area contributed by atoms with Crippen LogP contribution in [0, 0.1) is 0 Å². The molecule has 1 aromatic carbocycles. The molecule has 2 amide bonds. The molecule has 210 valence electrons. The first-order valence-corrected chi connectivity index (χ1v) is 15.6. The Labute approximate surface area is 228 Å². The Bertz CT molecular complexity index is 935. The molecule has 0 saturated heterocycles. The molecule has 0 unspecified atom stereocenters. The normalized spacial score (nSPS) is 11.5. The quantitative estimate of drug-likeness (QED) is 0.0742. The summed E-state index contributed by atoms with van der Waals surface area (Å²) in [6, 6.07) is 2.99. The number of unbranched alkanes of at least 4 members (excludes halogenated alkanes) is 11. The number of hydrogen-bond donors (Lipinski definition) is 2. The van der Waals surface area contributed by atoms with E-state index in [4.69, 9.17) is 16.3 Å². The molecule has 0 aliphatic heterocycles. The van der Waals surface area contributed by atoms with E-state index in [1.165, 1.54) is 63.1 Å². The van der Waals surface area contributed by atoms with Crippen molar-refractivity contribution in [1.82, 2.24) is 10.0 Å². The summed E-state index contributed by atoms with van der Waals surface area (Å²) in [4.78, 5) is 23.8. The summed E-state index contributed by atoms with van der Waals surface area (Å²) in [7, 11) is -4.24. The van der Waals surface area contributed by atoms with E-state index in [0.29, 0.717) is 19.4 Å². The van der Waals surface area contributed by atoms with E-state index in [1.54, 1.807) is 0 Å². The third-order valence-corrected chi connectivity index (χ3v) is 7.43. The first-order chi connectivity index (χ1) is 17.8. The monoisotopic (exact) mass is 556 g/mol. The lowest BCUT2D eigenvalue weighted by molar-refractivity contribution is -0.134. The van der Waals surface area contributed by atoms with Crippen LogP contribution in [0.1, 0.15) is 110 Å². The van der Waals surface area contributed by atoms with Crippen molar-refractivity contribution in [3.8, 4) is 5.75 Å². The van der Waals surface area contributed by atoms with Crippen molar-refractivity contribution >= 4 is 33.6 Å². The van der Waals surface area contributed by atoms with Gasteiger partial charge in [0.15, 0.2) is 5.75 Å². The summed E-state index contributed by atoms with van der Waals surface area (Å²) >= 11 is 5.98. The molecule has 7 nitrogen and oxygen atoms in total. The fourth-order valence-electron chi connectivity index (χ4n) is 3.75. The van der Waals surface area contributed by atoms with Crippen molar-refractivity contribution < 1.29 is 22.7 Å². The Morgan fingerprint density at radius 1 is 0.865 bits per heavy atom. The maximum absolute atomic E-state index is 12.6. The summed E-state index contributed by atoms with van der Waals surface area (Å²) in [6.07, 6.45) is 20.5. The molecular formula is C28H45ClN2O5S. The smallest absolute Gasteiger partial charge is 0.328 e. The standard InChI is InChI=1S/C28H45ClN2O5S/c1-3-5-6-7-8-9-10-11-12-13-14-15-16-17-18-19-27(32)36-25-23-24(29)20-21-26(25)37(34,35)31-28(33)30-22-4-2/h11-12,20-21,23H,3-10,13-19,22H2,1-2H3,(H2,30,31,33)/b12-11-. The van der Waals surface area contributed by atoms with E-state index in [2.05, 4.69) is 24.4 Å². The number of sulfonamides is 1. The highest BCUT2D eigenvalue weighted by atomic mass is 35.5. The van der Waals surface area contributed by atoms with Crippen molar-refractivity contribution in [3.63, 3.8) is 0 Å². The number of carbonyl (C=O) groups excluding carboxylic acids is 2. The highest BCUT2D eigenvalue weighted by Gasteiger charge is 2.24. The van der Waals surface area contributed by atoms with Crippen LogP contribution in [0.2, 0.25) is 5.02 Å². The lowest BCUT2D eigenvalue weighted by Gasteiger charge is -2.12. The van der Waals surface area contributed by atoms with Crippen LogP contribution in [0.3, 0.4) is 0 Å². The van der Waals surface area contributed by atoms with Gasteiger partial charge in [0.25, 0.3) is 10.0 Å². The van der Waals surface area contributed by atoms with Gasteiger partial charge in [-0.15, -0.1) is 0 Å². The van der Waals surface area contributed by atoms with Gasteiger partial charge < -0.3 is 10.1 Å². The molecule has 37 heavy (non-hydrogen) atoms. The molecule has 0 aliphatic rings. The van der Waals surface area contributed by atoms with Gasteiger partial charge in [0.1, 0.15) is 4.90 Å². The molecule has 9 heteroatoms. The number of allylic oxidation sites excluding steroid dienone is 2. The molecule has 0 radical (unpaired) electrons. The second kappa shape index (κ2) is 20.0. The van der Waals surface area contributed by atoms with Gasteiger partial charge in [0.05, 0.1) is 0 Å². The number of rotatable bonds is 20. The number of carbonyl (C=O) groups is 2. The predicted molar refractivity (Wildman–Crippen MR) is 151 cm³/mol. The van der Waals surface area contributed by atoms with Crippen molar-refractivity contribution in [1.29, 1.82) is 0 Å². The maximum Gasteiger partial charge on any atom is 0.328 e. The molecular weight excluding hydrogens is 512 g/mol. The molecule has 0 bridgehead atoms. The molecule has 2 N–H and O–H groups in total. The minimum Gasteiger partial charge on any atom is -0.425 e. The molecule has 0 aliphatic carbocycles. The van der Waals surface area contributed by atoms with Gasteiger partial charge in [-0.2, -0.15) is 0 Å². The van der Waals surface area contributed by atoms with Crippen LogP contribution in [-0.2, 0) is 14.8 Å². The van der Waals surface area contributed by atoms with Gasteiger partial charge in [-0.3, -0.25) is 4.79 Å². The van der Waals surface area contributed by atoms with Crippen molar-refractivity contribution in [2.45, 2.75) is 115 Å². The Hall–Kier alpha value is -2.06. The Kier molecular flexibility index (Phi) is 17.8. The van der Waals surface area contributed by atoms with Crippen LogP contribution >= 0.6 is 11.6 Å². The molecule has 0 aromatic heterocycles. The van der Waals surface area contributed by atoms with Crippen LogP contribution in [0.5, 0.6) is 5.75 Å². The number of benzene rings is 1. The zero-order valence-electron chi connectivity index (χ0n) is 22.5. The van der Waals surface area contributed by atoms with Gasteiger partial charge >= 0.3 is 12.0 Å². The second-order valence-corrected chi connectivity index (χ2v) is 11.3. The van der Waals surface area contributed by atoms with E-state index in [9.17, 15) is 18.0 Å². The fraction of sp³-hybridized carbons (Fsp3) is 0.643. The molecule has 0 heterocycles. The van der Waals surface area contributed by atoms with Gasteiger partial charge in [-0.05, 0) is 50.7 Å². The van der Waals surface area contributed by atoms with Crippen LogP contribution in [0.25, 0.3) is 0 Å². The molecule has 0 fully saturated rings. The second-order valence-electron chi connectivity index (χ2n) is 9.26. The summed E-state index contributed by atoms with van der Waals surface area (Å²) in [6.45, 7) is 4.42. The van der Waals surface area contributed by atoms with Crippen LogP contribution in [0.15, 0.2) is 35.2 Å². The average Bonchev–Trinajstić information content (AvgIpc) is 2.84. The highest BCUT2D eigenvalue weighted by Crippen LogP contribution is 2.28. The number of urea groups is 1. The van der Waals surface area contributed by atoms with Crippen LogP contribution in [-0.4, -0.2) is 27.0 Å². The zero-order chi connectivity index (χ0) is 27.4. The largest absolute Gasteiger partial charge is 0.425 e. The summed E-state index contributed by atoms with van der Waals surface area (Å²) < 4.78 is 32.5. The maximum atomic E-state index is 12.6. The Morgan fingerprint density at radius 2 is 1.46 bits per heavy atom. The summed E-state index contributed by atoms with van der Waals surface area (Å²) in [5, 5.41) is 2.65. The lowest BCUT2D eigenvalue weighted by atomic mass is 10.1. The first kappa shape index (κ1) is 33.0. The zero-order valence-corrected chi connectivity index (χ0v) is 24.1. The lowest BCUT2D eigenvalue weighted by Crippen LogP contribution is -2.39. The Morgan fingerprint density at radius 3 is 2.08 bits per heavy atom. The molecule has 1 aromatic rings. The number of amides is 2. The number of halogens is 1. The topological polar surface area (TPSA) is 102 Å². The number of nitrogens with one attached hydrogen (secondary N) is 2. The van der Waals surface area contributed by atoms with Crippen molar-refractivity contribution in [2.75, 3.05) is 6.54 Å². The molecule has 0 spiro atoms. The van der Waals surface area contributed by atoms with Crippen LogP contribution in [0.4, 0.5) is 4.79 Å². The van der Waals surface area contributed by atoms with E-state index in [1.807, 2.05) is 11.6 Å². The number of ether oxygens (including phenoxy) is 1. The SMILES string of the molecule is CCCCCCCC/C=C\CCCCCCCC(=O)Oc1cc(Cl)ccc1S(=O)(=O)NC(=O)NCCC. The Balaban J connectivity index is 2.31. The van der Waals surface area contributed by atoms with E-state index in [0.717, 1.165) is 32.1 Å². The molecule has 0 atom stereocenters. The van der Waals surface area contributed by atoms with Gasteiger partial charge in [0, 0.05) is 24.1 Å². The number of hydrogen-bond acceptors (Lipinski definition) is 5. The van der Waals surface area contributed by atoms with E-state index < -0.39 is 22.0 Å². The third-order valence-electron chi connectivity index (χ3n) is 5.82. The summed E-state index contributed by atoms with van der Waals surface area (Å²) in [5.41, 5.74) is 0. The fourth-order valence-corrected chi connectivity index (χ4v) is 4.95. The van der Waals surface area contributed by atoms with Crippen molar-refractivity contribution in [3.05, 3.63) is 35.4 Å². The predicted octanol–water partition coefficient (Wildman–Crippen LogP) is 7.68. The third kappa shape index (κ3) is 15.7. The molecule has 1 rings (SSSR count). The van der Waals surface area contributed by atoms with Gasteiger partial charge in [-0.25, -0.2) is 17.9 Å². The van der Waals surface area contributed by atoms with E-state index in [-0.39, 0.29) is 22.1 Å². The highest BCUT2D eigenvalue weighted by molar-refractivity contribution is 7.90. The van der Waals surface area contributed by atoms with Crippen LogP contribution < -0.4 is 14.8 Å². The number of esters is 1. The molecule has 0 saturated carbocycles. The van der Waals surface area contributed by atoms with Gasteiger partial charge in [-0.1, -0.05) is 89.0 Å². The average molecular weight is 557 g/mol. The minimum absolute atomic E-state index is 0.175. The van der Waals surface area contributed by atoms with Crippen molar-refractivity contribution in [2.24, 2.45) is 0 Å². The van der Waals surface area contributed by atoms with E-state index >= 15 is 0 Å². The summed E-state index contributed by atoms with van der Waals surface area (Å²) in [5.74, 6) is -0.729. The van der Waals surface area contributed by atoms with Gasteiger partial charge in [0.2, 0.25) is 0 Å². The first-order valence-electron chi connectivity index (χ1n) is 13.8. The minimum atomic E-state index is -4.24.